The van der Waals surface area contributed by atoms with E-state index in [1.165, 1.54) is 19.1 Å². The molecule has 0 aliphatic carbocycles. The van der Waals surface area contributed by atoms with Crippen LogP contribution in [0.25, 0.3) is 0 Å². The molecule has 2 rings (SSSR count). The van der Waals surface area contributed by atoms with Crippen LogP contribution in [0.5, 0.6) is 5.75 Å². The maximum Gasteiger partial charge on any atom is 0.222 e. The average Bonchev–Trinajstić information content (AvgIpc) is 2.61. The van der Waals surface area contributed by atoms with Crippen molar-refractivity contribution in [1.82, 2.24) is 10.6 Å². The second-order valence-electron chi connectivity index (χ2n) is 6.08. The molecule has 0 fully saturated rings. The monoisotopic (exact) mass is 358 g/mol. The first-order chi connectivity index (χ1) is 12.5. The van der Waals surface area contributed by atoms with E-state index in [0.29, 0.717) is 0 Å². The van der Waals surface area contributed by atoms with Crippen molar-refractivity contribution in [2.24, 2.45) is 0 Å². The molecule has 2 unspecified atom stereocenters. The molecule has 0 aliphatic rings. The van der Waals surface area contributed by atoms with Crippen LogP contribution >= 0.6 is 0 Å². The van der Waals surface area contributed by atoms with Crippen molar-refractivity contribution < 1.29 is 18.7 Å². The Bertz CT molecular complexity index is 737. The van der Waals surface area contributed by atoms with Crippen LogP contribution in [0.1, 0.15) is 31.9 Å². The predicted octanol–water partition coefficient (Wildman–Crippen LogP) is 2.98. The molecule has 26 heavy (non-hydrogen) atoms. The van der Waals surface area contributed by atoms with E-state index in [2.05, 4.69) is 10.6 Å². The third-order valence-corrected chi connectivity index (χ3v) is 3.70. The van der Waals surface area contributed by atoms with E-state index >= 15 is 0 Å². The minimum Gasteiger partial charge on any atom is -0.488 e. The van der Waals surface area contributed by atoms with Crippen molar-refractivity contribution in [3.8, 4) is 5.75 Å². The number of hydrogen-bond acceptors (Lipinski definition) is 3. The second-order valence-corrected chi connectivity index (χ2v) is 6.08. The molecule has 0 saturated carbocycles. The van der Waals surface area contributed by atoms with Gasteiger partial charge in [-0.15, -0.1) is 0 Å². The second kappa shape index (κ2) is 9.56. The van der Waals surface area contributed by atoms with Gasteiger partial charge < -0.3 is 15.4 Å². The van der Waals surface area contributed by atoms with Gasteiger partial charge in [0.15, 0.2) is 11.6 Å². The first kappa shape index (κ1) is 19.4. The fraction of sp³-hybridized carbons (Fsp3) is 0.300. The lowest BCUT2D eigenvalue weighted by molar-refractivity contribution is -0.123. The van der Waals surface area contributed by atoms with Gasteiger partial charge in [-0.25, -0.2) is 4.39 Å². The van der Waals surface area contributed by atoms with E-state index in [-0.39, 0.29) is 36.6 Å². The molecule has 2 N–H and O–H groups in total. The summed E-state index contributed by atoms with van der Waals surface area (Å²) in [5, 5.41) is 5.59. The molecule has 5 nitrogen and oxygen atoms in total. The molecule has 2 aromatic rings. The molecule has 0 saturated heterocycles. The van der Waals surface area contributed by atoms with Gasteiger partial charge in [-0.1, -0.05) is 42.5 Å². The molecule has 2 atom stereocenters. The smallest absolute Gasteiger partial charge is 0.222 e. The number of para-hydroxylation sites is 1. The summed E-state index contributed by atoms with van der Waals surface area (Å²) in [7, 11) is 0. The maximum absolute atomic E-state index is 13.5. The van der Waals surface area contributed by atoms with Crippen molar-refractivity contribution in [1.29, 1.82) is 0 Å². The SMILES string of the molecule is CC(=O)NC(CC(=O)NC(C)COc1ccccc1F)c1ccccc1. The molecule has 0 heterocycles. The summed E-state index contributed by atoms with van der Waals surface area (Å²) in [6.45, 7) is 3.33. The van der Waals surface area contributed by atoms with Crippen LogP contribution < -0.4 is 15.4 Å². The highest BCUT2D eigenvalue weighted by molar-refractivity contribution is 5.79. The number of carbonyl (C=O) groups is 2. The summed E-state index contributed by atoms with van der Waals surface area (Å²) in [5.41, 5.74) is 0.855. The minimum absolute atomic E-state index is 0.105. The van der Waals surface area contributed by atoms with Crippen molar-refractivity contribution >= 4 is 11.8 Å². The molecule has 0 bridgehead atoms. The highest BCUT2D eigenvalue weighted by atomic mass is 19.1. The number of amides is 2. The van der Waals surface area contributed by atoms with Gasteiger partial charge in [-0.2, -0.15) is 0 Å². The van der Waals surface area contributed by atoms with Crippen molar-refractivity contribution in [3.63, 3.8) is 0 Å². The highest BCUT2D eigenvalue weighted by Gasteiger charge is 2.18. The van der Waals surface area contributed by atoms with Gasteiger partial charge in [0.25, 0.3) is 0 Å². The van der Waals surface area contributed by atoms with Gasteiger partial charge in [0, 0.05) is 6.92 Å². The zero-order valence-electron chi connectivity index (χ0n) is 14.9. The Morgan fingerprint density at radius 3 is 2.35 bits per heavy atom. The number of rotatable bonds is 8. The summed E-state index contributed by atoms with van der Waals surface area (Å²) in [4.78, 5) is 23.7. The Kier molecular flexibility index (Phi) is 7.14. The van der Waals surface area contributed by atoms with Crippen LogP contribution in [0.2, 0.25) is 0 Å². The zero-order valence-corrected chi connectivity index (χ0v) is 14.9. The Morgan fingerprint density at radius 1 is 1.04 bits per heavy atom. The Hall–Kier alpha value is -2.89. The summed E-state index contributed by atoms with van der Waals surface area (Å²) in [5.74, 6) is -0.727. The van der Waals surface area contributed by atoms with Gasteiger partial charge in [-0.05, 0) is 24.6 Å². The number of halogens is 1. The Labute approximate surface area is 152 Å². The van der Waals surface area contributed by atoms with Gasteiger partial charge in [0.05, 0.1) is 18.5 Å². The fourth-order valence-corrected chi connectivity index (χ4v) is 2.52. The van der Waals surface area contributed by atoms with Gasteiger partial charge in [0.2, 0.25) is 11.8 Å². The molecule has 0 aromatic heterocycles. The van der Waals surface area contributed by atoms with Crippen LogP contribution in [-0.4, -0.2) is 24.5 Å². The number of nitrogens with one attached hydrogen (secondary N) is 2. The van der Waals surface area contributed by atoms with Gasteiger partial charge in [0.1, 0.15) is 6.61 Å². The molecule has 0 aliphatic heterocycles. The third-order valence-electron chi connectivity index (χ3n) is 3.70. The highest BCUT2D eigenvalue weighted by Crippen LogP contribution is 2.17. The minimum atomic E-state index is -0.444. The largest absolute Gasteiger partial charge is 0.488 e. The topological polar surface area (TPSA) is 67.4 Å². The zero-order chi connectivity index (χ0) is 18.9. The summed E-state index contributed by atoms with van der Waals surface area (Å²) in [6.07, 6.45) is 0.105. The first-order valence-electron chi connectivity index (χ1n) is 8.44. The van der Waals surface area contributed by atoms with Crippen molar-refractivity contribution in [2.75, 3.05) is 6.61 Å². The van der Waals surface area contributed by atoms with E-state index in [9.17, 15) is 14.0 Å². The van der Waals surface area contributed by atoms with E-state index in [1.807, 2.05) is 30.3 Å². The van der Waals surface area contributed by atoms with E-state index in [0.717, 1.165) is 5.56 Å². The van der Waals surface area contributed by atoms with Crippen molar-refractivity contribution in [2.45, 2.75) is 32.4 Å². The van der Waals surface area contributed by atoms with E-state index in [1.54, 1.807) is 19.1 Å². The van der Waals surface area contributed by atoms with Crippen LogP contribution in [0.4, 0.5) is 4.39 Å². The molecule has 6 heteroatoms. The van der Waals surface area contributed by atoms with Crippen LogP contribution in [0.15, 0.2) is 54.6 Å². The standard InChI is InChI=1S/C20H23FN2O3/c1-14(13-26-19-11-7-6-10-17(19)21)22-20(25)12-18(23-15(2)24)16-8-4-3-5-9-16/h3-11,14,18H,12-13H2,1-2H3,(H,22,25)(H,23,24). The maximum atomic E-state index is 13.5. The molecule has 0 radical (unpaired) electrons. The summed E-state index contributed by atoms with van der Waals surface area (Å²) >= 11 is 0. The fourth-order valence-electron chi connectivity index (χ4n) is 2.52. The number of ether oxygens (including phenoxy) is 1. The average molecular weight is 358 g/mol. The van der Waals surface area contributed by atoms with Crippen molar-refractivity contribution in [3.05, 3.63) is 66.0 Å². The van der Waals surface area contributed by atoms with Crippen LogP contribution in [0, 0.1) is 5.82 Å². The molecule has 138 valence electrons. The summed E-state index contributed by atoms with van der Waals surface area (Å²) < 4.78 is 18.9. The Morgan fingerprint density at radius 2 is 1.69 bits per heavy atom. The Balaban J connectivity index is 1.88. The molecule has 2 amide bonds. The lowest BCUT2D eigenvalue weighted by Gasteiger charge is -2.20. The number of carbonyl (C=O) groups excluding carboxylic acids is 2. The lowest BCUT2D eigenvalue weighted by atomic mass is 10.0. The normalized spacial score (nSPS) is 12.7. The van der Waals surface area contributed by atoms with Gasteiger partial charge in [-0.3, -0.25) is 9.59 Å². The predicted molar refractivity (Wildman–Crippen MR) is 97.1 cm³/mol. The van der Waals surface area contributed by atoms with E-state index in [4.69, 9.17) is 4.74 Å². The summed E-state index contributed by atoms with van der Waals surface area (Å²) in [6, 6.07) is 14.7. The quantitative estimate of drug-likeness (QED) is 0.762. The molecule has 0 spiro atoms. The number of hydrogen-bond donors (Lipinski definition) is 2. The molecule has 2 aromatic carbocycles. The van der Waals surface area contributed by atoms with Crippen LogP contribution in [0.3, 0.4) is 0 Å². The van der Waals surface area contributed by atoms with Crippen LogP contribution in [-0.2, 0) is 9.59 Å². The molecular formula is C20H23FN2O3. The third kappa shape index (κ3) is 6.20. The molecular weight excluding hydrogens is 335 g/mol. The van der Waals surface area contributed by atoms with Gasteiger partial charge >= 0.3 is 0 Å². The van der Waals surface area contributed by atoms with E-state index < -0.39 is 11.9 Å². The first-order valence-corrected chi connectivity index (χ1v) is 8.44. The lowest BCUT2D eigenvalue weighted by Crippen LogP contribution is -2.39. The number of benzene rings is 2.